The van der Waals surface area contributed by atoms with Crippen molar-refractivity contribution in [2.45, 2.75) is 18.2 Å². The molecule has 4 heteroatoms. The van der Waals surface area contributed by atoms with Gasteiger partial charge in [-0.15, -0.1) is 11.6 Å². The minimum atomic E-state index is -0.922. The fourth-order valence-electron chi connectivity index (χ4n) is 1.10. The quantitative estimate of drug-likeness (QED) is 0.591. The van der Waals surface area contributed by atoms with Crippen LogP contribution >= 0.6 is 34.8 Å². The highest BCUT2D eigenvalue weighted by atomic mass is 35.5. The maximum absolute atomic E-state index is 10.6. The molecular weight excluding hydrogens is 242 g/mol. The van der Waals surface area contributed by atoms with E-state index in [1.165, 1.54) is 0 Å². The van der Waals surface area contributed by atoms with Gasteiger partial charge in [0, 0.05) is 0 Å². The maximum Gasteiger partial charge on any atom is 0.140 e. The van der Waals surface area contributed by atoms with Crippen LogP contribution in [-0.2, 0) is 11.2 Å². The Balaban J connectivity index is 2.98. The Hall–Kier alpha value is -0.240. The average Bonchev–Trinajstić information content (AvgIpc) is 2.13. The molecule has 1 unspecified atom stereocenters. The molecule has 1 atom stereocenters. The summed E-state index contributed by atoms with van der Waals surface area (Å²) in [5.41, 5.74) is 0.781. The molecule has 1 nitrogen and oxygen atoms in total. The molecule has 1 aromatic rings. The maximum atomic E-state index is 10.6. The third-order valence-electron chi connectivity index (χ3n) is 1.81. The number of aldehydes is 1. The van der Waals surface area contributed by atoms with Gasteiger partial charge in [-0.25, -0.2) is 0 Å². The first kappa shape index (κ1) is 11.8. The number of carbonyl (C=O) groups excluding carboxylic acids is 1. The lowest BCUT2D eigenvalue weighted by Gasteiger charge is -2.15. The van der Waals surface area contributed by atoms with Crippen molar-refractivity contribution in [2.24, 2.45) is 0 Å². The Bertz CT molecular complexity index is 347. The molecule has 0 spiro atoms. The normalized spacial score (nSPS) is 14.9. The van der Waals surface area contributed by atoms with Crippen LogP contribution in [0.2, 0.25) is 10.0 Å². The second-order valence-corrected chi connectivity index (χ2v) is 4.93. The molecule has 0 N–H and O–H groups in total. The molecule has 1 aromatic carbocycles. The summed E-state index contributed by atoms with van der Waals surface area (Å²) in [7, 11) is 0. The molecule has 14 heavy (non-hydrogen) atoms. The molecular formula is C10H9Cl3O. The van der Waals surface area contributed by atoms with E-state index >= 15 is 0 Å². The van der Waals surface area contributed by atoms with Gasteiger partial charge >= 0.3 is 0 Å². The lowest BCUT2D eigenvalue weighted by molar-refractivity contribution is -0.109. The van der Waals surface area contributed by atoms with Crippen LogP contribution < -0.4 is 0 Å². The van der Waals surface area contributed by atoms with Crippen molar-refractivity contribution in [3.63, 3.8) is 0 Å². The molecule has 0 saturated carbocycles. The van der Waals surface area contributed by atoms with Crippen molar-refractivity contribution in [3.8, 4) is 0 Å². The van der Waals surface area contributed by atoms with Crippen molar-refractivity contribution in [3.05, 3.63) is 33.8 Å². The standard InChI is InChI=1S/C10H9Cl3O/c1-10(13,6-14)5-7-3-2-4-8(11)9(7)12/h2-4,6H,5H2,1H3. The van der Waals surface area contributed by atoms with Gasteiger partial charge < -0.3 is 4.79 Å². The van der Waals surface area contributed by atoms with Gasteiger partial charge in [0.25, 0.3) is 0 Å². The zero-order chi connectivity index (χ0) is 10.8. The number of hydrogen-bond donors (Lipinski definition) is 0. The van der Waals surface area contributed by atoms with Crippen molar-refractivity contribution >= 4 is 41.1 Å². The van der Waals surface area contributed by atoms with E-state index in [-0.39, 0.29) is 0 Å². The Kier molecular flexibility index (Phi) is 3.82. The van der Waals surface area contributed by atoms with Crippen molar-refractivity contribution < 1.29 is 4.79 Å². The summed E-state index contributed by atoms with van der Waals surface area (Å²) in [4.78, 5) is 9.70. The van der Waals surface area contributed by atoms with Gasteiger partial charge in [-0.05, 0) is 25.0 Å². The molecule has 0 heterocycles. The van der Waals surface area contributed by atoms with Crippen molar-refractivity contribution in [2.75, 3.05) is 0 Å². The Morgan fingerprint density at radius 1 is 1.43 bits per heavy atom. The molecule has 1 rings (SSSR count). The average molecular weight is 252 g/mol. The Labute approximate surface area is 98.0 Å². The molecule has 0 aliphatic rings. The van der Waals surface area contributed by atoms with Crippen LogP contribution in [0.15, 0.2) is 18.2 Å². The highest BCUT2D eigenvalue weighted by molar-refractivity contribution is 6.42. The molecule has 76 valence electrons. The number of carbonyl (C=O) groups is 1. The van der Waals surface area contributed by atoms with Crippen LogP contribution in [-0.4, -0.2) is 11.2 Å². The van der Waals surface area contributed by atoms with E-state index < -0.39 is 4.87 Å². The zero-order valence-electron chi connectivity index (χ0n) is 7.56. The van der Waals surface area contributed by atoms with Crippen LogP contribution in [0, 0.1) is 0 Å². The monoisotopic (exact) mass is 250 g/mol. The summed E-state index contributed by atoms with van der Waals surface area (Å²) in [6.45, 7) is 1.64. The van der Waals surface area contributed by atoms with E-state index in [2.05, 4.69) is 0 Å². The van der Waals surface area contributed by atoms with E-state index in [0.717, 1.165) is 5.56 Å². The van der Waals surface area contributed by atoms with Gasteiger partial charge in [0.2, 0.25) is 0 Å². The van der Waals surface area contributed by atoms with E-state index in [9.17, 15) is 4.79 Å². The number of halogens is 3. The third-order valence-corrected chi connectivity index (χ3v) is 2.89. The van der Waals surface area contributed by atoms with E-state index in [4.69, 9.17) is 34.8 Å². The van der Waals surface area contributed by atoms with Gasteiger partial charge in [0.15, 0.2) is 0 Å². The van der Waals surface area contributed by atoms with Gasteiger partial charge in [-0.1, -0.05) is 35.3 Å². The second-order valence-electron chi connectivity index (χ2n) is 3.29. The van der Waals surface area contributed by atoms with Crippen LogP contribution in [0.1, 0.15) is 12.5 Å². The van der Waals surface area contributed by atoms with Crippen molar-refractivity contribution in [1.82, 2.24) is 0 Å². The third kappa shape index (κ3) is 2.88. The summed E-state index contributed by atoms with van der Waals surface area (Å²) in [5, 5.41) is 0.936. The van der Waals surface area contributed by atoms with Gasteiger partial charge in [-0.3, -0.25) is 0 Å². The predicted octanol–water partition coefficient (Wildman–Crippen LogP) is 3.73. The highest BCUT2D eigenvalue weighted by Crippen LogP contribution is 2.29. The first-order chi connectivity index (χ1) is 6.46. The molecule has 0 saturated heterocycles. The first-order valence-corrected chi connectivity index (χ1v) is 5.18. The fraction of sp³-hybridized carbons (Fsp3) is 0.300. The Morgan fingerprint density at radius 2 is 2.07 bits per heavy atom. The lowest BCUT2D eigenvalue weighted by atomic mass is 10.0. The molecule has 0 aliphatic heterocycles. The number of hydrogen-bond acceptors (Lipinski definition) is 1. The molecule has 0 fully saturated rings. The molecule has 0 aromatic heterocycles. The first-order valence-electron chi connectivity index (χ1n) is 4.04. The van der Waals surface area contributed by atoms with Gasteiger partial charge in [0.05, 0.1) is 10.0 Å². The number of alkyl halides is 1. The van der Waals surface area contributed by atoms with Crippen LogP contribution in [0.3, 0.4) is 0 Å². The molecule has 0 aliphatic carbocycles. The minimum absolute atomic E-state index is 0.372. The van der Waals surface area contributed by atoms with Gasteiger partial charge in [0.1, 0.15) is 11.2 Å². The SMILES string of the molecule is CC(Cl)(C=O)Cc1cccc(Cl)c1Cl. The Morgan fingerprint density at radius 3 is 2.64 bits per heavy atom. The van der Waals surface area contributed by atoms with Crippen LogP contribution in [0.5, 0.6) is 0 Å². The summed E-state index contributed by atoms with van der Waals surface area (Å²) in [6.07, 6.45) is 1.07. The fourth-order valence-corrected chi connectivity index (χ4v) is 1.63. The van der Waals surface area contributed by atoms with Crippen LogP contribution in [0.25, 0.3) is 0 Å². The van der Waals surface area contributed by atoms with Crippen molar-refractivity contribution in [1.29, 1.82) is 0 Å². The lowest BCUT2D eigenvalue weighted by Crippen LogP contribution is -2.21. The predicted molar refractivity (Wildman–Crippen MR) is 60.5 cm³/mol. The molecule has 0 amide bonds. The van der Waals surface area contributed by atoms with Crippen LogP contribution in [0.4, 0.5) is 0 Å². The largest absolute Gasteiger partial charge is 0.301 e. The summed E-state index contributed by atoms with van der Waals surface area (Å²) in [5.74, 6) is 0. The topological polar surface area (TPSA) is 17.1 Å². The van der Waals surface area contributed by atoms with E-state index in [1.807, 2.05) is 0 Å². The zero-order valence-corrected chi connectivity index (χ0v) is 9.83. The smallest absolute Gasteiger partial charge is 0.140 e. The summed E-state index contributed by atoms with van der Waals surface area (Å²) >= 11 is 17.7. The molecule has 0 radical (unpaired) electrons. The van der Waals surface area contributed by atoms with E-state index in [1.54, 1.807) is 25.1 Å². The highest BCUT2D eigenvalue weighted by Gasteiger charge is 2.21. The van der Waals surface area contributed by atoms with E-state index in [0.29, 0.717) is 22.8 Å². The number of benzene rings is 1. The minimum Gasteiger partial charge on any atom is -0.301 e. The van der Waals surface area contributed by atoms with Gasteiger partial charge in [-0.2, -0.15) is 0 Å². The summed E-state index contributed by atoms with van der Waals surface area (Å²) in [6, 6.07) is 5.28. The second kappa shape index (κ2) is 4.52. The summed E-state index contributed by atoms with van der Waals surface area (Å²) < 4.78 is 0. The molecule has 0 bridgehead atoms. The number of rotatable bonds is 3.